The summed E-state index contributed by atoms with van der Waals surface area (Å²) in [6, 6.07) is 6.36. The van der Waals surface area contributed by atoms with Gasteiger partial charge in [0.05, 0.1) is 11.4 Å². The summed E-state index contributed by atoms with van der Waals surface area (Å²) in [5.74, 6) is -0.932. The zero-order valence-corrected chi connectivity index (χ0v) is 10.6. The first kappa shape index (κ1) is 14.3. The van der Waals surface area contributed by atoms with Gasteiger partial charge in [0.25, 0.3) is 5.91 Å². The Bertz CT molecular complexity index is 436. The van der Waals surface area contributed by atoms with E-state index in [1.54, 1.807) is 31.2 Å². The molecule has 2 N–H and O–H groups in total. The van der Waals surface area contributed by atoms with Gasteiger partial charge >= 0.3 is 5.97 Å². The fourth-order valence-electron chi connectivity index (χ4n) is 1.33. The number of benzene rings is 1. The van der Waals surface area contributed by atoms with Crippen molar-refractivity contribution in [2.75, 3.05) is 6.61 Å². The Hall–Kier alpha value is -1.75. The number of hydrogen-bond donors (Lipinski definition) is 2. The number of para-hydroxylation sites is 1. The lowest BCUT2D eigenvalue weighted by molar-refractivity contribution is -0.137. The molecule has 0 heterocycles. The van der Waals surface area contributed by atoms with Gasteiger partial charge in [-0.05, 0) is 19.1 Å². The molecule has 0 radical (unpaired) electrons. The monoisotopic (exact) mass is 271 g/mol. The Balaban J connectivity index is 2.38. The minimum absolute atomic E-state index is 0.127. The van der Waals surface area contributed by atoms with Crippen molar-refractivity contribution in [1.82, 2.24) is 5.32 Å². The lowest BCUT2D eigenvalue weighted by atomic mass is 10.2. The van der Waals surface area contributed by atoms with Crippen molar-refractivity contribution >= 4 is 23.5 Å². The van der Waals surface area contributed by atoms with Crippen LogP contribution in [-0.4, -0.2) is 29.6 Å². The highest BCUT2D eigenvalue weighted by Gasteiger charge is 2.11. The van der Waals surface area contributed by atoms with Crippen LogP contribution in [0, 0.1) is 0 Å². The Morgan fingerprint density at radius 2 is 2.11 bits per heavy atom. The first-order valence-electron chi connectivity index (χ1n) is 5.37. The molecule has 0 fully saturated rings. The topological polar surface area (TPSA) is 75.6 Å². The highest BCUT2D eigenvalue weighted by Crippen LogP contribution is 2.22. The largest absolute Gasteiger partial charge is 0.482 e. The number of aliphatic carboxylic acids is 1. The van der Waals surface area contributed by atoms with Gasteiger partial charge in [-0.3, -0.25) is 9.59 Å². The molecule has 1 aromatic carbocycles. The zero-order valence-electron chi connectivity index (χ0n) is 9.85. The van der Waals surface area contributed by atoms with E-state index in [0.29, 0.717) is 10.8 Å². The van der Waals surface area contributed by atoms with Crippen molar-refractivity contribution < 1.29 is 19.4 Å². The molecule has 1 rings (SSSR count). The summed E-state index contributed by atoms with van der Waals surface area (Å²) >= 11 is 5.85. The first-order chi connectivity index (χ1) is 8.49. The van der Waals surface area contributed by atoms with Crippen LogP contribution < -0.4 is 10.1 Å². The Morgan fingerprint density at radius 1 is 1.44 bits per heavy atom. The number of hydrogen-bond acceptors (Lipinski definition) is 3. The maximum absolute atomic E-state index is 11.4. The number of carboxylic acids is 1. The molecule has 18 heavy (non-hydrogen) atoms. The van der Waals surface area contributed by atoms with Gasteiger partial charge in [-0.2, -0.15) is 0 Å². The fraction of sp³-hybridized carbons (Fsp3) is 0.333. The summed E-state index contributed by atoms with van der Waals surface area (Å²) < 4.78 is 5.21. The van der Waals surface area contributed by atoms with E-state index in [0.717, 1.165) is 0 Å². The standard InChI is InChI=1S/C12H14ClNO4/c1-8(6-12(16)17)14-11(15)7-18-10-5-3-2-4-9(10)13/h2-5,8H,6-7H2,1H3,(H,14,15)(H,16,17). The molecule has 1 atom stereocenters. The second kappa shape index (κ2) is 6.86. The molecule has 5 nitrogen and oxygen atoms in total. The number of rotatable bonds is 6. The number of nitrogens with one attached hydrogen (secondary N) is 1. The van der Waals surface area contributed by atoms with Crippen molar-refractivity contribution in [2.24, 2.45) is 0 Å². The van der Waals surface area contributed by atoms with Gasteiger partial charge in [0.15, 0.2) is 6.61 Å². The summed E-state index contributed by atoms with van der Waals surface area (Å²) in [5, 5.41) is 11.5. The molecule has 1 unspecified atom stereocenters. The van der Waals surface area contributed by atoms with Crippen molar-refractivity contribution in [3.8, 4) is 5.75 Å². The molecule has 0 aromatic heterocycles. The molecule has 6 heteroatoms. The van der Waals surface area contributed by atoms with Crippen molar-refractivity contribution in [3.05, 3.63) is 29.3 Å². The lowest BCUT2D eigenvalue weighted by Crippen LogP contribution is -2.37. The molecular weight excluding hydrogens is 258 g/mol. The van der Waals surface area contributed by atoms with E-state index < -0.39 is 12.0 Å². The molecule has 0 aliphatic rings. The fourth-order valence-corrected chi connectivity index (χ4v) is 1.52. The minimum Gasteiger partial charge on any atom is -0.482 e. The average molecular weight is 272 g/mol. The van der Waals surface area contributed by atoms with E-state index in [1.807, 2.05) is 0 Å². The Kier molecular flexibility index (Phi) is 5.45. The van der Waals surface area contributed by atoms with E-state index in [9.17, 15) is 9.59 Å². The summed E-state index contributed by atoms with van der Waals surface area (Å²) in [5.41, 5.74) is 0. The van der Waals surface area contributed by atoms with Crippen LogP contribution >= 0.6 is 11.6 Å². The van der Waals surface area contributed by atoms with Gasteiger partial charge in [0.2, 0.25) is 0 Å². The third-order valence-electron chi connectivity index (χ3n) is 2.08. The van der Waals surface area contributed by atoms with E-state index in [4.69, 9.17) is 21.4 Å². The van der Waals surface area contributed by atoms with E-state index in [1.165, 1.54) is 0 Å². The molecule has 98 valence electrons. The van der Waals surface area contributed by atoms with E-state index >= 15 is 0 Å². The van der Waals surface area contributed by atoms with Crippen LogP contribution in [0.25, 0.3) is 0 Å². The maximum atomic E-state index is 11.4. The molecule has 0 spiro atoms. The summed E-state index contributed by atoms with van der Waals surface area (Å²) in [6.45, 7) is 1.41. The average Bonchev–Trinajstić information content (AvgIpc) is 2.26. The number of ether oxygens (including phenoxy) is 1. The highest BCUT2D eigenvalue weighted by atomic mass is 35.5. The van der Waals surface area contributed by atoms with Crippen molar-refractivity contribution in [1.29, 1.82) is 0 Å². The van der Waals surface area contributed by atoms with Crippen molar-refractivity contribution in [2.45, 2.75) is 19.4 Å². The van der Waals surface area contributed by atoms with Crippen LogP contribution in [-0.2, 0) is 9.59 Å². The first-order valence-corrected chi connectivity index (χ1v) is 5.75. The quantitative estimate of drug-likeness (QED) is 0.826. The third-order valence-corrected chi connectivity index (χ3v) is 2.40. The molecule has 1 aromatic rings. The van der Waals surface area contributed by atoms with Gasteiger partial charge < -0.3 is 15.2 Å². The molecule has 0 aliphatic heterocycles. The van der Waals surface area contributed by atoms with Gasteiger partial charge in [-0.1, -0.05) is 23.7 Å². The van der Waals surface area contributed by atoms with Gasteiger partial charge in [-0.15, -0.1) is 0 Å². The Morgan fingerprint density at radius 3 is 2.72 bits per heavy atom. The van der Waals surface area contributed by atoms with Crippen LogP contribution in [0.1, 0.15) is 13.3 Å². The maximum Gasteiger partial charge on any atom is 0.305 e. The number of amides is 1. The highest BCUT2D eigenvalue weighted by molar-refractivity contribution is 6.32. The lowest BCUT2D eigenvalue weighted by Gasteiger charge is -2.12. The van der Waals surface area contributed by atoms with Gasteiger partial charge in [0, 0.05) is 6.04 Å². The minimum atomic E-state index is -0.963. The molecule has 0 aliphatic carbocycles. The second-order valence-corrected chi connectivity index (χ2v) is 4.19. The molecular formula is C12H14ClNO4. The molecule has 1 amide bonds. The van der Waals surface area contributed by atoms with Crippen LogP contribution in [0.5, 0.6) is 5.75 Å². The summed E-state index contributed by atoms with van der Waals surface area (Å²) in [4.78, 5) is 21.9. The number of carbonyl (C=O) groups is 2. The van der Waals surface area contributed by atoms with Crippen LogP contribution in [0.2, 0.25) is 5.02 Å². The number of halogens is 1. The number of carbonyl (C=O) groups excluding carboxylic acids is 1. The van der Waals surface area contributed by atoms with Crippen LogP contribution in [0.15, 0.2) is 24.3 Å². The molecule has 0 bridgehead atoms. The third kappa shape index (κ3) is 5.05. The smallest absolute Gasteiger partial charge is 0.305 e. The predicted octanol–water partition coefficient (Wildman–Crippen LogP) is 1.70. The summed E-state index contributed by atoms with van der Waals surface area (Å²) in [6.07, 6.45) is -0.127. The molecule has 0 saturated carbocycles. The van der Waals surface area contributed by atoms with E-state index in [-0.39, 0.29) is 18.9 Å². The summed E-state index contributed by atoms with van der Waals surface area (Å²) in [7, 11) is 0. The van der Waals surface area contributed by atoms with Crippen LogP contribution in [0.4, 0.5) is 0 Å². The van der Waals surface area contributed by atoms with Gasteiger partial charge in [-0.25, -0.2) is 0 Å². The second-order valence-electron chi connectivity index (χ2n) is 3.79. The SMILES string of the molecule is CC(CC(=O)O)NC(=O)COc1ccccc1Cl. The van der Waals surface area contributed by atoms with Crippen molar-refractivity contribution in [3.63, 3.8) is 0 Å². The predicted molar refractivity (Wildman–Crippen MR) is 66.8 cm³/mol. The number of carboxylic acid groups (broad SMARTS) is 1. The van der Waals surface area contributed by atoms with E-state index in [2.05, 4.69) is 5.32 Å². The Labute approximate surface area is 110 Å². The van der Waals surface area contributed by atoms with Gasteiger partial charge in [0.1, 0.15) is 5.75 Å². The zero-order chi connectivity index (χ0) is 13.5. The van der Waals surface area contributed by atoms with Crippen LogP contribution in [0.3, 0.4) is 0 Å². The normalized spacial score (nSPS) is 11.7. The molecule has 0 saturated heterocycles.